The first-order chi connectivity index (χ1) is 17.9. The number of methoxy groups -OCH3 is 2. The summed E-state index contributed by atoms with van der Waals surface area (Å²) in [5.74, 6) is 0.313. The van der Waals surface area contributed by atoms with Crippen LogP contribution in [0.2, 0.25) is 10.0 Å². The summed E-state index contributed by atoms with van der Waals surface area (Å²) in [7, 11) is 2.98. The van der Waals surface area contributed by atoms with Crippen molar-refractivity contribution in [3.8, 4) is 5.75 Å². The molecule has 4 aromatic carbocycles. The highest BCUT2D eigenvalue weighted by molar-refractivity contribution is 6.34. The fourth-order valence-corrected chi connectivity index (χ4v) is 5.58. The molecule has 5 rings (SSSR count). The first-order valence-electron chi connectivity index (χ1n) is 11.9. The molecule has 0 spiro atoms. The number of benzene rings is 4. The van der Waals surface area contributed by atoms with Crippen LogP contribution in [0.15, 0.2) is 78.9 Å². The van der Waals surface area contributed by atoms with Gasteiger partial charge in [0, 0.05) is 28.1 Å². The molecule has 0 radical (unpaired) electrons. The molecule has 0 saturated carbocycles. The Bertz CT molecular complexity index is 1460. The number of ether oxygens (including phenoxy) is 2. The highest BCUT2D eigenvalue weighted by atomic mass is 35.5. The fourth-order valence-electron chi connectivity index (χ4n) is 5.04. The zero-order valence-corrected chi connectivity index (χ0v) is 21.9. The van der Waals surface area contributed by atoms with E-state index in [1.54, 1.807) is 37.4 Å². The third-order valence-electron chi connectivity index (χ3n) is 6.93. The Morgan fingerprint density at radius 3 is 2.11 bits per heavy atom. The standard InChI is InChI=1S/C30H25Cl2NO4/c1-36-27-10-9-20-11-22(8-7-21(20)14-27)28-15-24(23-12-25(31)16-26(32)13-23)17-33(28)29(34)18-3-5-19(6-4-18)30(35)37-2/h3-14,16,24,28H,15,17H2,1-2H3/t24-,28-/m1/s1. The third-order valence-corrected chi connectivity index (χ3v) is 7.36. The predicted molar refractivity (Wildman–Crippen MR) is 146 cm³/mol. The Balaban J connectivity index is 1.52. The number of hydrogen-bond acceptors (Lipinski definition) is 4. The second kappa shape index (κ2) is 10.4. The summed E-state index contributed by atoms with van der Waals surface area (Å²) >= 11 is 12.6. The lowest BCUT2D eigenvalue weighted by atomic mass is 9.93. The van der Waals surface area contributed by atoms with E-state index in [0.29, 0.717) is 27.7 Å². The molecule has 5 nitrogen and oxygen atoms in total. The van der Waals surface area contributed by atoms with E-state index in [0.717, 1.165) is 34.1 Å². The van der Waals surface area contributed by atoms with Crippen LogP contribution < -0.4 is 4.74 Å². The van der Waals surface area contributed by atoms with Gasteiger partial charge < -0.3 is 14.4 Å². The van der Waals surface area contributed by atoms with Gasteiger partial charge in [0.25, 0.3) is 5.91 Å². The van der Waals surface area contributed by atoms with Crippen LogP contribution >= 0.6 is 23.2 Å². The Kier molecular flexibility index (Phi) is 7.09. The molecule has 0 unspecified atom stereocenters. The molecule has 188 valence electrons. The molecule has 1 saturated heterocycles. The molecule has 37 heavy (non-hydrogen) atoms. The van der Waals surface area contributed by atoms with Crippen LogP contribution in [0.3, 0.4) is 0 Å². The summed E-state index contributed by atoms with van der Waals surface area (Å²) in [6, 6.07) is 24.2. The normalized spacial score (nSPS) is 17.1. The molecular formula is C30H25Cl2NO4. The predicted octanol–water partition coefficient (Wildman–Crippen LogP) is 7.31. The van der Waals surface area contributed by atoms with Gasteiger partial charge in [0.15, 0.2) is 0 Å². The molecule has 1 fully saturated rings. The summed E-state index contributed by atoms with van der Waals surface area (Å²) in [6.07, 6.45) is 0.727. The van der Waals surface area contributed by atoms with Crippen molar-refractivity contribution in [1.29, 1.82) is 0 Å². The maximum atomic E-state index is 13.8. The van der Waals surface area contributed by atoms with Gasteiger partial charge >= 0.3 is 5.97 Å². The van der Waals surface area contributed by atoms with Gasteiger partial charge in [0.2, 0.25) is 0 Å². The van der Waals surface area contributed by atoms with E-state index >= 15 is 0 Å². The number of nitrogens with zero attached hydrogens (tertiary/aromatic N) is 1. The van der Waals surface area contributed by atoms with E-state index in [2.05, 4.69) is 18.2 Å². The van der Waals surface area contributed by atoms with E-state index in [4.69, 9.17) is 32.7 Å². The molecule has 1 heterocycles. The lowest BCUT2D eigenvalue weighted by Gasteiger charge is -2.25. The van der Waals surface area contributed by atoms with Crippen molar-refractivity contribution >= 4 is 45.9 Å². The second-order valence-electron chi connectivity index (χ2n) is 9.15. The monoisotopic (exact) mass is 533 g/mol. The zero-order chi connectivity index (χ0) is 26.1. The molecule has 0 bridgehead atoms. The Morgan fingerprint density at radius 1 is 0.784 bits per heavy atom. The molecular weight excluding hydrogens is 509 g/mol. The lowest BCUT2D eigenvalue weighted by Crippen LogP contribution is -2.31. The molecule has 0 aromatic heterocycles. The largest absolute Gasteiger partial charge is 0.497 e. The Labute approximate surface area is 225 Å². The van der Waals surface area contributed by atoms with Gasteiger partial charge in [0.05, 0.1) is 25.8 Å². The van der Waals surface area contributed by atoms with Crippen LogP contribution in [0.4, 0.5) is 0 Å². The van der Waals surface area contributed by atoms with Crippen LogP contribution in [0.1, 0.15) is 50.2 Å². The molecule has 0 aliphatic carbocycles. The minimum absolute atomic E-state index is 0.0612. The summed E-state index contributed by atoms with van der Waals surface area (Å²) in [5.41, 5.74) is 2.96. The van der Waals surface area contributed by atoms with E-state index in [1.807, 2.05) is 35.2 Å². The molecule has 1 aliphatic rings. The van der Waals surface area contributed by atoms with Crippen LogP contribution in [-0.4, -0.2) is 37.5 Å². The average Bonchev–Trinajstić information content (AvgIpc) is 3.37. The summed E-state index contributed by atoms with van der Waals surface area (Å²) in [4.78, 5) is 27.5. The maximum absolute atomic E-state index is 13.8. The quantitative estimate of drug-likeness (QED) is 0.252. The first kappa shape index (κ1) is 25.1. The summed E-state index contributed by atoms with van der Waals surface area (Å²) in [6.45, 7) is 0.513. The minimum Gasteiger partial charge on any atom is -0.497 e. The van der Waals surface area contributed by atoms with E-state index in [1.165, 1.54) is 7.11 Å². The van der Waals surface area contributed by atoms with E-state index in [-0.39, 0.29) is 17.9 Å². The number of esters is 1. The smallest absolute Gasteiger partial charge is 0.337 e. The van der Waals surface area contributed by atoms with Gasteiger partial charge in [-0.25, -0.2) is 4.79 Å². The van der Waals surface area contributed by atoms with Gasteiger partial charge in [-0.3, -0.25) is 4.79 Å². The van der Waals surface area contributed by atoms with Gasteiger partial charge in [0.1, 0.15) is 5.75 Å². The summed E-state index contributed by atoms with van der Waals surface area (Å²) in [5, 5.41) is 3.28. The van der Waals surface area contributed by atoms with Crippen molar-refractivity contribution in [1.82, 2.24) is 4.90 Å². The molecule has 1 aliphatic heterocycles. The molecule has 2 atom stereocenters. The number of halogens is 2. The second-order valence-corrected chi connectivity index (χ2v) is 10.0. The van der Waals surface area contributed by atoms with Crippen molar-refractivity contribution in [2.75, 3.05) is 20.8 Å². The van der Waals surface area contributed by atoms with Gasteiger partial charge in [-0.15, -0.1) is 0 Å². The van der Waals surface area contributed by atoms with Crippen molar-refractivity contribution in [3.05, 3.63) is 111 Å². The molecule has 4 aromatic rings. The topological polar surface area (TPSA) is 55.8 Å². The Morgan fingerprint density at radius 2 is 1.43 bits per heavy atom. The number of rotatable bonds is 5. The third kappa shape index (κ3) is 5.15. The van der Waals surface area contributed by atoms with Gasteiger partial charge in [-0.05, 0) is 89.0 Å². The highest BCUT2D eigenvalue weighted by Gasteiger charge is 2.37. The molecule has 0 N–H and O–H groups in total. The van der Waals surface area contributed by atoms with E-state index < -0.39 is 5.97 Å². The zero-order valence-electron chi connectivity index (χ0n) is 20.4. The van der Waals surface area contributed by atoms with Crippen molar-refractivity contribution in [3.63, 3.8) is 0 Å². The van der Waals surface area contributed by atoms with Crippen LogP contribution in [0, 0.1) is 0 Å². The maximum Gasteiger partial charge on any atom is 0.337 e. The molecule has 7 heteroatoms. The number of fused-ring (bicyclic) bond motifs is 1. The highest BCUT2D eigenvalue weighted by Crippen LogP contribution is 2.43. The van der Waals surface area contributed by atoms with Crippen LogP contribution in [0.25, 0.3) is 10.8 Å². The molecule has 1 amide bonds. The van der Waals surface area contributed by atoms with E-state index in [9.17, 15) is 9.59 Å². The van der Waals surface area contributed by atoms with Crippen molar-refractivity contribution < 1.29 is 19.1 Å². The number of likely N-dealkylation sites (tertiary alicyclic amines) is 1. The van der Waals surface area contributed by atoms with Crippen LogP contribution in [0.5, 0.6) is 5.75 Å². The lowest BCUT2D eigenvalue weighted by molar-refractivity contribution is 0.0599. The Hall–Kier alpha value is -3.54. The number of carbonyl (C=O) groups excluding carboxylic acids is 2. The number of amides is 1. The van der Waals surface area contributed by atoms with Crippen molar-refractivity contribution in [2.24, 2.45) is 0 Å². The van der Waals surface area contributed by atoms with Gasteiger partial charge in [-0.2, -0.15) is 0 Å². The minimum atomic E-state index is -0.441. The SMILES string of the molecule is COC(=O)c1ccc(C(=O)N2C[C@H](c3cc(Cl)cc(Cl)c3)C[C@@H]2c2ccc3cc(OC)ccc3c2)cc1. The fraction of sp³-hybridized carbons (Fsp3) is 0.200. The summed E-state index contributed by atoms with van der Waals surface area (Å²) < 4.78 is 10.1. The van der Waals surface area contributed by atoms with Gasteiger partial charge in [-0.1, -0.05) is 41.4 Å². The van der Waals surface area contributed by atoms with Crippen LogP contribution in [-0.2, 0) is 4.74 Å². The number of hydrogen-bond donors (Lipinski definition) is 0. The van der Waals surface area contributed by atoms with Crippen molar-refractivity contribution in [2.45, 2.75) is 18.4 Å². The first-order valence-corrected chi connectivity index (χ1v) is 12.6. The average molecular weight is 534 g/mol. The number of carbonyl (C=O) groups is 2.